The second kappa shape index (κ2) is 23.5. The molecule has 3 rings (SSSR count). The molecule has 0 aliphatic rings. The van der Waals surface area contributed by atoms with Crippen LogP contribution < -0.4 is 22.1 Å². The maximum Gasteiger partial charge on any atom is 0.222 e. The average Bonchev–Trinajstić information content (AvgIpc) is 3.55. The maximum absolute atomic E-state index is 12.1. The molecule has 0 saturated heterocycles. The van der Waals surface area contributed by atoms with Crippen LogP contribution in [-0.4, -0.2) is 130 Å². The third-order valence-corrected chi connectivity index (χ3v) is 6.63. The van der Waals surface area contributed by atoms with Gasteiger partial charge < -0.3 is 55.5 Å². The number of fused-ring (bicyclic) bond motifs is 1. The van der Waals surface area contributed by atoms with E-state index in [1.54, 1.807) is 12.4 Å². The van der Waals surface area contributed by atoms with E-state index in [1.807, 2.05) is 12.1 Å². The topological polar surface area (TPSA) is 227 Å². The van der Waals surface area contributed by atoms with Gasteiger partial charge in [-0.3, -0.25) is 10.2 Å². The van der Waals surface area contributed by atoms with Gasteiger partial charge in [-0.2, -0.15) is 0 Å². The van der Waals surface area contributed by atoms with E-state index in [2.05, 4.69) is 30.6 Å². The van der Waals surface area contributed by atoms with Gasteiger partial charge >= 0.3 is 0 Å². The largest absolute Gasteiger partial charge is 0.383 e. The Hall–Kier alpha value is -3.77. The normalized spacial score (nSPS) is 11.3. The predicted octanol–water partition coefficient (Wildman–Crippen LogP) is 1.11. The molecule has 0 unspecified atom stereocenters. The van der Waals surface area contributed by atoms with Crippen molar-refractivity contribution in [2.75, 3.05) is 110 Å². The van der Waals surface area contributed by atoms with Crippen molar-refractivity contribution >= 4 is 34.3 Å². The van der Waals surface area contributed by atoms with Gasteiger partial charge in [-0.25, -0.2) is 15.0 Å². The van der Waals surface area contributed by atoms with Gasteiger partial charge in [-0.15, -0.1) is 0 Å². The SMILES string of the molecule is N=C(c1cnc2[nH]ccc2c1)c1c(N)ncnc1NCCCCNC(=O)CCOCCOCCOCCOCCOCCOCCN. The van der Waals surface area contributed by atoms with Crippen LogP contribution in [0, 0.1) is 5.41 Å². The Kier molecular flexibility index (Phi) is 18.9. The summed E-state index contributed by atoms with van der Waals surface area (Å²) < 4.78 is 32.4. The molecule has 0 bridgehead atoms. The first-order valence-corrected chi connectivity index (χ1v) is 15.9. The molecule has 0 saturated carbocycles. The molecule has 3 aromatic heterocycles. The molecular formula is C31H49N9O7. The number of H-pyrrole nitrogens is 1. The summed E-state index contributed by atoms with van der Waals surface area (Å²) in [7, 11) is 0. The molecule has 1 amide bonds. The van der Waals surface area contributed by atoms with Crippen LogP contribution in [0.25, 0.3) is 11.0 Å². The Balaban J connectivity index is 1.12. The molecule has 47 heavy (non-hydrogen) atoms. The van der Waals surface area contributed by atoms with Crippen molar-refractivity contribution in [1.82, 2.24) is 25.3 Å². The molecule has 8 N–H and O–H groups in total. The minimum absolute atomic E-state index is 0.0649. The van der Waals surface area contributed by atoms with Crippen molar-refractivity contribution in [3.05, 3.63) is 42.0 Å². The predicted molar refractivity (Wildman–Crippen MR) is 178 cm³/mol. The number of aromatic amines is 1. The second-order valence-electron chi connectivity index (χ2n) is 10.2. The molecule has 0 fully saturated rings. The first-order valence-electron chi connectivity index (χ1n) is 15.9. The number of carbonyl (C=O) groups is 1. The smallest absolute Gasteiger partial charge is 0.222 e. The Morgan fingerprint density at radius 2 is 1.40 bits per heavy atom. The molecule has 0 radical (unpaired) electrons. The molecule has 260 valence electrons. The number of ether oxygens (including phenoxy) is 6. The van der Waals surface area contributed by atoms with Crippen LogP contribution in [0.3, 0.4) is 0 Å². The van der Waals surface area contributed by atoms with Crippen LogP contribution in [0.5, 0.6) is 0 Å². The highest BCUT2D eigenvalue weighted by atomic mass is 16.6. The standard InChI is InChI=1S/C31H49N9O7/c32-5-10-43-12-14-45-16-18-47-20-19-46-17-15-44-13-11-42-9-4-26(41)35-6-1-2-7-36-31-27(29(34)39-23-40-31)28(33)25-21-24-3-8-37-30(24)38-22-25/h3,8,21-23,33H,1-2,4-7,9-20,32H2,(H,35,41)(H,37,38)(H3,34,36,39,40). The highest BCUT2D eigenvalue weighted by Gasteiger charge is 2.17. The molecular weight excluding hydrogens is 610 g/mol. The number of nitrogens with one attached hydrogen (secondary N) is 4. The van der Waals surface area contributed by atoms with Crippen molar-refractivity contribution in [2.24, 2.45) is 5.73 Å². The lowest BCUT2D eigenvalue weighted by atomic mass is 10.0. The number of anilines is 2. The summed E-state index contributed by atoms with van der Waals surface area (Å²) in [5.41, 5.74) is 13.4. The van der Waals surface area contributed by atoms with Crippen molar-refractivity contribution in [1.29, 1.82) is 5.41 Å². The van der Waals surface area contributed by atoms with Crippen molar-refractivity contribution in [2.45, 2.75) is 19.3 Å². The van der Waals surface area contributed by atoms with Crippen molar-refractivity contribution < 1.29 is 33.2 Å². The Morgan fingerprint density at radius 3 is 2.04 bits per heavy atom. The van der Waals surface area contributed by atoms with E-state index in [1.165, 1.54) is 6.33 Å². The number of hydrogen-bond acceptors (Lipinski definition) is 14. The summed E-state index contributed by atoms with van der Waals surface area (Å²) in [6.45, 7) is 7.34. The van der Waals surface area contributed by atoms with Gasteiger partial charge in [0.2, 0.25) is 5.91 Å². The number of amides is 1. The zero-order valence-electron chi connectivity index (χ0n) is 27.0. The van der Waals surface area contributed by atoms with Gasteiger partial charge in [0.1, 0.15) is 23.6 Å². The molecule has 0 spiro atoms. The van der Waals surface area contributed by atoms with E-state index in [0.29, 0.717) is 116 Å². The highest BCUT2D eigenvalue weighted by molar-refractivity contribution is 6.16. The number of carbonyl (C=O) groups excluding carboxylic acids is 1. The van der Waals surface area contributed by atoms with E-state index in [9.17, 15) is 4.79 Å². The number of pyridine rings is 1. The molecule has 3 heterocycles. The van der Waals surface area contributed by atoms with Crippen molar-refractivity contribution in [3.63, 3.8) is 0 Å². The molecule has 3 aromatic rings. The second-order valence-corrected chi connectivity index (χ2v) is 10.2. The highest BCUT2D eigenvalue weighted by Crippen LogP contribution is 2.23. The van der Waals surface area contributed by atoms with Gasteiger partial charge in [-0.05, 0) is 25.0 Å². The summed E-state index contributed by atoms with van der Waals surface area (Å²) in [5, 5.41) is 15.8. The third kappa shape index (κ3) is 15.1. The Morgan fingerprint density at radius 1 is 0.809 bits per heavy atom. The lowest BCUT2D eigenvalue weighted by Gasteiger charge is -2.13. The number of nitrogens with two attached hydrogens (primary N) is 2. The number of aromatic nitrogens is 4. The van der Waals surface area contributed by atoms with Crippen LogP contribution in [0.4, 0.5) is 11.6 Å². The fraction of sp³-hybridized carbons (Fsp3) is 0.581. The molecule has 0 aliphatic heterocycles. The van der Waals surface area contributed by atoms with Crippen LogP contribution >= 0.6 is 0 Å². The van der Waals surface area contributed by atoms with E-state index >= 15 is 0 Å². The molecule has 0 atom stereocenters. The van der Waals surface area contributed by atoms with Gasteiger partial charge in [-0.1, -0.05) is 0 Å². The van der Waals surface area contributed by atoms with E-state index in [-0.39, 0.29) is 23.9 Å². The first kappa shape index (κ1) is 37.7. The lowest BCUT2D eigenvalue weighted by molar-refractivity contribution is -0.122. The first-order chi connectivity index (χ1) is 23.1. The molecule has 16 nitrogen and oxygen atoms in total. The van der Waals surface area contributed by atoms with Crippen LogP contribution in [0.1, 0.15) is 30.4 Å². The molecule has 0 aromatic carbocycles. The van der Waals surface area contributed by atoms with Gasteiger partial charge in [0.15, 0.2) is 0 Å². The number of hydrogen-bond donors (Lipinski definition) is 6. The van der Waals surface area contributed by atoms with Crippen LogP contribution in [-0.2, 0) is 33.2 Å². The van der Waals surface area contributed by atoms with Crippen molar-refractivity contribution in [3.8, 4) is 0 Å². The quantitative estimate of drug-likeness (QED) is 0.0475. The average molecular weight is 660 g/mol. The van der Waals surface area contributed by atoms with E-state index in [0.717, 1.165) is 23.9 Å². The fourth-order valence-corrected chi connectivity index (χ4v) is 4.22. The lowest BCUT2D eigenvalue weighted by Crippen LogP contribution is -2.26. The Bertz CT molecular complexity index is 1310. The minimum Gasteiger partial charge on any atom is -0.383 e. The summed E-state index contributed by atoms with van der Waals surface area (Å²) >= 11 is 0. The maximum atomic E-state index is 12.1. The van der Waals surface area contributed by atoms with E-state index < -0.39 is 0 Å². The number of nitrogen functional groups attached to an aromatic ring is 1. The summed E-state index contributed by atoms with van der Waals surface area (Å²) in [4.78, 5) is 27.9. The summed E-state index contributed by atoms with van der Waals surface area (Å²) in [5.74, 6) is 0.636. The van der Waals surface area contributed by atoms with E-state index in [4.69, 9.17) is 45.3 Å². The summed E-state index contributed by atoms with van der Waals surface area (Å²) in [6, 6.07) is 3.77. The molecule has 0 aliphatic carbocycles. The third-order valence-electron chi connectivity index (χ3n) is 6.63. The van der Waals surface area contributed by atoms with Gasteiger partial charge in [0.05, 0.1) is 90.6 Å². The number of nitrogens with zero attached hydrogens (tertiary/aromatic N) is 3. The fourth-order valence-electron chi connectivity index (χ4n) is 4.22. The zero-order valence-corrected chi connectivity index (χ0v) is 27.0. The Labute approximate surface area is 275 Å². The van der Waals surface area contributed by atoms with Gasteiger partial charge in [0.25, 0.3) is 0 Å². The number of rotatable bonds is 28. The molecule has 16 heteroatoms. The van der Waals surface area contributed by atoms with Gasteiger partial charge in [0, 0.05) is 49.4 Å². The summed E-state index contributed by atoms with van der Waals surface area (Å²) in [6.07, 6.45) is 6.62. The number of unbranched alkanes of at least 4 members (excludes halogenated alkanes) is 1. The van der Waals surface area contributed by atoms with Crippen LogP contribution in [0.2, 0.25) is 0 Å². The monoisotopic (exact) mass is 659 g/mol. The van der Waals surface area contributed by atoms with Crippen LogP contribution in [0.15, 0.2) is 30.9 Å². The minimum atomic E-state index is -0.0649. The zero-order chi connectivity index (χ0) is 33.4.